The minimum absolute atomic E-state index is 0.295. The fraction of sp³-hybridized carbons (Fsp3) is 0.391. The summed E-state index contributed by atoms with van der Waals surface area (Å²) in [6, 6.07) is 14.1. The predicted molar refractivity (Wildman–Crippen MR) is 118 cm³/mol. The third-order valence-corrected chi connectivity index (χ3v) is 4.79. The van der Waals surface area contributed by atoms with E-state index in [2.05, 4.69) is 51.1 Å². The third kappa shape index (κ3) is 6.15. The number of aromatic nitrogens is 1. The Bertz CT molecular complexity index is 805. The summed E-state index contributed by atoms with van der Waals surface area (Å²) in [5.41, 5.74) is 1.23. The summed E-state index contributed by atoms with van der Waals surface area (Å²) in [6.45, 7) is 7.76. The molecule has 0 aliphatic carbocycles. The van der Waals surface area contributed by atoms with Crippen LogP contribution in [0.5, 0.6) is 5.75 Å². The number of piperazine rings is 1. The van der Waals surface area contributed by atoms with E-state index >= 15 is 0 Å². The maximum Gasteiger partial charge on any atom is 0.194 e. The Morgan fingerprint density at radius 3 is 2.62 bits per heavy atom. The van der Waals surface area contributed by atoms with Crippen LogP contribution in [-0.4, -0.2) is 61.7 Å². The van der Waals surface area contributed by atoms with E-state index < -0.39 is 0 Å². The van der Waals surface area contributed by atoms with Gasteiger partial charge < -0.3 is 19.9 Å². The molecular formula is C23H29N5O. The van der Waals surface area contributed by atoms with Gasteiger partial charge in [0.15, 0.2) is 5.96 Å². The molecule has 1 aliphatic heterocycles. The number of nitrogens with one attached hydrogen (secondary N) is 1. The monoisotopic (exact) mass is 391 g/mol. The van der Waals surface area contributed by atoms with Crippen molar-refractivity contribution in [3.63, 3.8) is 0 Å². The Hall–Kier alpha value is -3.20. The summed E-state index contributed by atoms with van der Waals surface area (Å²) in [7, 11) is 0. The number of guanidine groups is 1. The van der Waals surface area contributed by atoms with Crippen molar-refractivity contribution in [3.8, 4) is 18.1 Å². The molecule has 1 aromatic carbocycles. The fourth-order valence-corrected chi connectivity index (χ4v) is 3.28. The molecular weight excluding hydrogens is 362 g/mol. The van der Waals surface area contributed by atoms with Gasteiger partial charge in [0.25, 0.3) is 0 Å². The topological polar surface area (TPSA) is 53.0 Å². The lowest BCUT2D eigenvalue weighted by molar-refractivity contribution is 0.370. The average molecular weight is 392 g/mol. The smallest absolute Gasteiger partial charge is 0.194 e. The van der Waals surface area contributed by atoms with Crippen LogP contribution in [0.15, 0.2) is 53.7 Å². The number of terminal acetylenes is 1. The number of rotatable bonds is 7. The van der Waals surface area contributed by atoms with Gasteiger partial charge in [-0.2, -0.15) is 0 Å². The minimum Gasteiger partial charge on any atom is -0.481 e. The lowest BCUT2D eigenvalue weighted by Gasteiger charge is -2.37. The van der Waals surface area contributed by atoms with E-state index in [1.54, 1.807) is 0 Å². The molecule has 1 aliphatic rings. The van der Waals surface area contributed by atoms with Crippen molar-refractivity contribution < 1.29 is 4.74 Å². The van der Waals surface area contributed by atoms with Gasteiger partial charge in [-0.3, -0.25) is 4.99 Å². The second-order valence-electron chi connectivity index (χ2n) is 6.78. The maximum absolute atomic E-state index is 5.42. The number of hydrogen-bond donors (Lipinski definition) is 1. The van der Waals surface area contributed by atoms with Crippen molar-refractivity contribution in [1.82, 2.24) is 15.2 Å². The molecule has 0 unspecified atom stereocenters. The van der Waals surface area contributed by atoms with Crippen LogP contribution in [0.3, 0.4) is 0 Å². The summed E-state index contributed by atoms with van der Waals surface area (Å²) in [4.78, 5) is 14.0. The van der Waals surface area contributed by atoms with E-state index in [4.69, 9.17) is 16.2 Å². The van der Waals surface area contributed by atoms with Crippen molar-refractivity contribution in [2.45, 2.75) is 13.3 Å². The molecule has 1 fully saturated rings. The van der Waals surface area contributed by atoms with Crippen molar-refractivity contribution in [3.05, 3.63) is 54.2 Å². The number of ether oxygens (including phenoxy) is 1. The molecule has 0 spiro atoms. The van der Waals surface area contributed by atoms with Gasteiger partial charge in [-0.1, -0.05) is 24.1 Å². The first-order valence-corrected chi connectivity index (χ1v) is 10.1. The van der Waals surface area contributed by atoms with E-state index in [9.17, 15) is 0 Å². The van der Waals surface area contributed by atoms with E-state index in [-0.39, 0.29) is 0 Å². The van der Waals surface area contributed by atoms with Crippen LogP contribution < -0.4 is 15.0 Å². The standard InChI is InChI=1S/C23H29N5O/c1-3-19-29-21-10-8-20(9-11-21)12-14-26-23(24-4-2)28-17-15-27(16-18-28)22-7-5-6-13-25-22/h1,5-11,13H,4,12,14-19H2,2H3,(H,24,26). The van der Waals surface area contributed by atoms with Gasteiger partial charge in [0.2, 0.25) is 0 Å². The number of benzene rings is 1. The van der Waals surface area contributed by atoms with E-state index in [1.807, 2.05) is 30.5 Å². The average Bonchev–Trinajstić information content (AvgIpc) is 2.79. The van der Waals surface area contributed by atoms with Crippen LogP contribution in [0.1, 0.15) is 12.5 Å². The third-order valence-electron chi connectivity index (χ3n) is 4.79. The molecule has 0 atom stereocenters. The lowest BCUT2D eigenvalue weighted by atomic mass is 10.1. The number of pyridine rings is 1. The van der Waals surface area contributed by atoms with Gasteiger partial charge in [0.1, 0.15) is 18.2 Å². The molecule has 2 heterocycles. The molecule has 0 radical (unpaired) electrons. The molecule has 2 aromatic rings. The highest BCUT2D eigenvalue weighted by Crippen LogP contribution is 2.14. The van der Waals surface area contributed by atoms with Gasteiger partial charge in [-0.15, -0.1) is 6.42 Å². The Morgan fingerprint density at radius 2 is 1.97 bits per heavy atom. The summed E-state index contributed by atoms with van der Waals surface area (Å²) < 4.78 is 5.42. The summed E-state index contributed by atoms with van der Waals surface area (Å²) in [5.74, 6) is 5.31. The zero-order valence-electron chi connectivity index (χ0n) is 17.1. The molecule has 1 saturated heterocycles. The van der Waals surface area contributed by atoms with Crippen molar-refractivity contribution in [1.29, 1.82) is 0 Å². The highest BCUT2D eigenvalue weighted by atomic mass is 16.5. The second-order valence-corrected chi connectivity index (χ2v) is 6.78. The Morgan fingerprint density at radius 1 is 1.17 bits per heavy atom. The molecule has 1 aromatic heterocycles. The van der Waals surface area contributed by atoms with Crippen LogP contribution in [0.25, 0.3) is 0 Å². The summed E-state index contributed by atoms with van der Waals surface area (Å²) in [5, 5.41) is 3.43. The Balaban J connectivity index is 1.51. The van der Waals surface area contributed by atoms with Crippen molar-refractivity contribution >= 4 is 11.8 Å². The zero-order chi connectivity index (χ0) is 20.3. The number of aliphatic imine (C=N–C) groups is 1. The SMILES string of the molecule is C#CCOc1ccc(CCN=C(NCC)N2CCN(c3ccccn3)CC2)cc1. The Labute approximate surface area is 173 Å². The predicted octanol–water partition coefficient (Wildman–Crippen LogP) is 2.42. The van der Waals surface area contributed by atoms with Crippen LogP contribution in [-0.2, 0) is 6.42 Å². The van der Waals surface area contributed by atoms with Crippen molar-refractivity contribution in [2.75, 3.05) is 50.8 Å². The molecule has 6 nitrogen and oxygen atoms in total. The number of nitrogens with zero attached hydrogens (tertiary/aromatic N) is 4. The molecule has 3 rings (SSSR count). The van der Waals surface area contributed by atoms with Gasteiger partial charge in [-0.05, 0) is 43.2 Å². The molecule has 0 saturated carbocycles. The summed E-state index contributed by atoms with van der Waals surface area (Å²) in [6.07, 6.45) is 7.95. The molecule has 0 amide bonds. The first-order chi connectivity index (χ1) is 14.3. The van der Waals surface area contributed by atoms with E-state index in [1.165, 1.54) is 5.56 Å². The fourth-order valence-electron chi connectivity index (χ4n) is 3.28. The van der Waals surface area contributed by atoms with Gasteiger partial charge in [0.05, 0.1) is 0 Å². The van der Waals surface area contributed by atoms with Crippen LogP contribution in [0.4, 0.5) is 5.82 Å². The van der Waals surface area contributed by atoms with Crippen LogP contribution in [0.2, 0.25) is 0 Å². The molecule has 152 valence electrons. The van der Waals surface area contributed by atoms with Crippen molar-refractivity contribution in [2.24, 2.45) is 4.99 Å². The van der Waals surface area contributed by atoms with E-state index in [0.29, 0.717) is 6.61 Å². The lowest BCUT2D eigenvalue weighted by Crippen LogP contribution is -2.52. The largest absolute Gasteiger partial charge is 0.481 e. The highest BCUT2D eigenvalue weighted by Gasteiger charge is 2.20. The number of anilines is 1. The van der Waals surface area contributed by atoms with Gasteiger partial charge in [0, 0.05) is 45.5 Å². The minimum atomic E-state index is 0.295. The maximum atomic E-state index is 5.42. The van der Waals surface area contributed by atoms with Gasteiger partial charge >= 0.3 is 0 Å². The quantitative estimate of drug-likeness (QED) is 0.446. The molecule has 29 heavy (non-hydrogen) atoms. The first kappa shape index (κ1) is 20.5. The first-order valence-electron chi connectivity index (χ1n) is 10.1. The number of hydrogen-bond acceptors (Lipinski definition) is 4. The Kier molecular flexibility index (Phi) is 7.76. The molecule has 1 N–H and O–H groups in total. The van der Waals surface area contributed by atoms with Gasteiger partial charge in [-0.25, -0.2) is 4.98 Å². The normalized spacial score (nSPS) is 14.4. The highest BCUT2D eigenvalue weighted by molar-refractivity contribution is 5.80. The van der Waals surface area contributed by atoms with Crippen LogP contribution >= 0.6 is 0 Å². The molecule has 0 bridgehead atoms. The second kappa shape index (κ2) is 11.0. The van der Waals surface area contributed by atoms with E-state index in [0.717, 1.165) is 63.2 Å². The zero-order valence-corrected chi connectivity index (χ0v) is 17.1. The molecule has 6 heteroatoms. The summed E-state index contributed by atoms with van der Waals surface area (Å²) >= 11 is 0. The van der Waals surface area contributed by atoms with Crippen LogP contribution in [0, 0.1) is 12.3 Å².